The molecule has 1 N–H and O–H groups in total. The molecule has 3 aromatic rings. The lowest BCUT2D eigenvalue weighted by Gasteiger charge is -2.21. The molecule has 3 heterocycles. The summed E-state index contributed by atoms with van der Waals surface area (Å²) in [6, 6.07) is 7.52. The number of amides is 1. The molecule has 0 bridgehead atoms. The van der Waals surface area contributed by atoms with Crippen molar-refractivity contribution in [2.24, 2.45) is 0 Å². The SMILES string of the molecule is Cc1nc(CN2CCCC2c2csc(NC(=O)c3ccc(Br)cc3)n2)co1. The molecule has 0 spiro atoms. The van der Waals surface area contributed by atoms with Gasteiger partial charge in [-0.2, -0.15) is 0 Å². The zero-order valence-corrected chi connectivity index (χ0v) is 17.2. The second kappa shape index (κ2) is 7.92. The number of aromatic nitrogens is 2. The van der Waals surface area contributed by atoms with Gasteiger partial charge in [0.1, 0.15) is 6.26 Å². The number of halogens is 1. The molecule has 1 aliphatic rings. The van der Waals surface area contributed by atoms with Crippen LogP contribution in [-0.2, 0) is 6.54 Å². The number of benzene rings is 1. The molecular formula is C19H19BrN4O2S. The smallest absolute Gasteiger partial charge is 0.257 e. The van der Waals surface area contributed by atoms with Gasteiger partial charge in [-0.25, -0.2) is 9.97 Å². The Morgan fingerprint density at radius 1 is 1.37 bits per heavy atom. The van der Waals surface area contributed by atoms with Gasteiger partial charge < -0.3 is 4.42 Å². The van der Waals surface area contributed by atoms with Crippen LogP contribution >= 0.6 is 27.3 Å². The van der Waals surface area contributed by atoms with Crippen molar-refractivity contribution in [3.05, 3.63) is 63.2 Å². The fourth-order valence-electron chi connectivity index (χ4n) is 3.31. The summed E-state index contributed by atoms with van der Waals surface area (Å²) in [5, 5.41) is 5.56. The Bertz CT molecular complexity index is 937. The van der Waals surface area contributed by atoms with E-state index in [1.807, 2.05) is 24.4 Å². The lowest BCUT2D eigenvalue weighted by Crippen LogP contribution is -2.23. The normalized spacial score (nSPS) is 17.3. The number of anilines is 1. The van der Waals surface area contributed by atoms with Crippen molar-refractivity contribution in [2.45, 2.75) is 32.4 Å². The Morgan fingerprint density at radius 2 is 2.19 bits per heavy atom. The number of thiazole rings is 1. The second-order valence-electron chi connectivity index (χ2n) is 6.52. The third-order valence-electron chi connectivity index (χ3n) is 4.59. The number of oxazole rings is 1. The van der Waals surface area contributed by atoms with E-state index in [1.165, 1.54) is 11.3 Å². The van der Waals surface area contributed by atoms with Crippen LogP contribution < -0.4 is 5.32 Å². The molecule has 2 aromatic heterocycles. The highest BCUT2D eigenvalue weighted by atomic mass is 79.9. The van der Waals surface area contributed by atoms with Gasteiger partial charge in [-0.3, -0.25) is 15.0 Å². The summed E-state index contributed by atoms with van der Waals surface area (Å²) < 4.78 is 6.25. The molecule has 140 valence electrons. The van der Waals surface area contributed by atoms with Gasteiger partial charge >= 0.3 is 0 Å². The predicted octanol–water partition coefficient (Wildman–Crippen LogP) is 4.79. The number of carbonyl (C=O) groups is 1. The highest BCUT2D eigenvalue weighted by molar-refractivity contribution is 9.10. The lowest BCUT2D eigenvalue weighted by atomic mass is 10.1. The quantitative estimate of drug-likeness (QED) is 0.609. The molecule has 0 aliphatic carbocycles. The molecule has 6 nitrogen and oxygen atoms in total. The third kappa shape index (κ3) is 4.28. The maximum absolute atomic E-state index is 12.4. The van der Waals surface area contributed by atoms with Crippen molar-refractivity contribution in [1.82, 2.24) is 14.9 Å². The monoisotopic (exact) mass is 446 g/mol. The molecule has 0 radical (unpaired) electrons. The molecular weight excluding hydrogens is 428 g/mol. The van der Waals surface area contributed by atoms with Gasteiger partial charge in [-0.05, 0) is 43.7 Å². The van der Waals surface area contributed by atoms with Crippen LogP contribution in [0.25, 0.3) is 0 Å². The average molecular weight is 447 g/mol. The first-order valence-corrected chi connectivity index (χ1v) is 10.4. The van der Waals surface area contributed by atoms with E-state index in [1.54, 1.807) is 18.4 Å². The van der Waals surface area contributed by atoms with Crippen molar-refractivity contribution in [2.75, 3.05) is 11.9 Å². The van der Waals surface area contributed by atoms with Gasteiger partial charge in [0.2, 0.25) is 0 Å². The molecule has 1 atom stereocenters. The van der Waals surface area contributed by atoms with E-state index >= 15 is 0 Å². The Labute approximate surface area is 169 Å². The third-order valence-corrected chi connectivity index (χ3v) is 5.89. The second-order valence-corrected chi connectivity index (χ2v) is 8.30. The van der Waals surface area contributed by atoms with Gasteiger partial charge in [0, 0.05) is 28.9 Å². The highest BCUT2D eigenvalue weighted by Gasteiger charge is 2.28. The number of aryl methyl sites for hydroxylation is 1. The minimum absolute atomic E-state index is 0.148. The van der Waals surface area contributed by atoms with Gasteiger partial charge in [0.25, 0.3) is 5.91 Å². The first kappa shape index (κ1) is 18.3. The summed E-state index contributed by atoms with van der Waals surface area (Å²) in [5.74, 6) is 0.539. The molecule has 27 heavy (non-hydrogen) atoms. The molecule has 0 saturated carbocycles. The van der Waals surface area contributed by atoms with E-state index < -0.39 is 0 Å². The molecule has 1 amide bonds. The summed E-state index contributed by atoms with van der Waals surface area (Å²) >= 11 is 4.84. The first-order chi connectivity index (χ1) is 13.1. The highest BCUT2D eigenvalue weighted by Crippen LogP contribution is 2.34. The predicted molar refractivity (Wildman–Crippen MR) is 108 cm³/mol. The van der Waals surface area contributed by atoms with Crippen molar-refractivity contribution in [1.29, 1.82) is 0 Å². The Kier molecular flexibility index (Phi) is 5.38. The van der Waals surface area contributed by atoms with E-state index in [0.717, 1.165) is 41.8 Å². The van der Waals surface area contributed by atoms with E-state index in [4.69, 9.17) is 4.42 Å². The van der Waals surface area contributed by atoms with Crippen LogP contribution in [0.5, 0.6) is 0 Å². The average Bonchev–Trinajstić information content (AvgIpc) is 3.37. The van der Waals surface area contributed by atoms with E-state index in [9.17, 15) is 4.79 Å². The van der Waals surface area contributed by atoms with E-state index in [-0.39, 0.29) is 11.9 Å². The summed E-state index contributed by atoms with van der Waals surface area (Å²) in [7, 11) is 0. The zero-order valence-electron chi connectivity index (χ0n) is 14.8. The van der Waals surface area contributed by atoms with Gasteiger partial charge in [0.05, 0.1) is 17.4 Å². The number of hydrogen-bond acceptors (Lipinski definition) is 6. The van der Waals surface area contributed by atoms with E-state index in [0.29, 0.717) is 16.6 Å². The molecule has 8 heteroatoms. The number of nitrogens with zero attached hydrogens (tertiary/aromatic N) is 3. The maximum atomic E-state index is 12.4. The number of hydrogen-bond donors (Lipinski definition) is 1. The van der Waals surface area contributed by atoms with Gasteiger partial charge in [0.15, 0.2) is 11.0 Å². The van der Waals surface area contributed by atoms with Crippen molar-refractivity contribution >= 4 is 38.3 Å². The van der Waals surface area contributed by atoms with Gasteiger partial charge in [-0.1, -0.05) is 15.9 Å². The number of rotatable bonds is 5. The van der Waals surface area contributed by atoms with Crippen molar-refractivity contribution in [3.8, 4) is 0 Å². The van der Waals surface area contributed by atoms with Gasteiger partial charge in [-0.15, -0.1) is 11.3 Å². The first-order valence-electron chi connectivity index (χ1n) is 8.76. The van der Waals surface area contributed by atoms with Crippen LogP contribution in [0, 0.1) is 6.92 Å². The minimum atomic E-state index is -0.148. The maximum Gasteiger partial charge on any atom is 0.257 e. The standard InChI is InChI=1S/C19H19BrN4O2S/c1-12-21-15(10-26-12)9-24-8-2-3-17(24)16-11-27-19(22-16)23-18(25)13-4-6-14(20)7-5-13/h4-7,10-11,17H,2-3,8-9H2,1H3,(H,22,23,25). The molecule has 1 unspecified atom stereocenters. The largest absolute Gasteiger partial charge is 0.449 e. The minimum Gasteiger partial charge on any atom is -0.449 e. The number of nitrogens with one attached hydrogen (secondary N) is 1. The summed E-state index contributed by atoms with van der Waals surface area (Å²) in [6.07, 6.45) is 3.90. The van der Waals surface area contributed by atoms with Crippen molar-refractivity contribution in [3.63, 3.8) is 0 Å². The number of likely N-dealkylation sites (tertiary alicyclic amines) is 1. The van der Waals surface area contributed by atoms with Crippen LogP contribution in [0.3, 0.4) is 0 Å². The Morgan fingerprint density at radius 3 is 2.93 bits per heavy atom. The van der Waals surface area contributed by atoms with Crippen LogP contribution in [-0.4, -0.2) is 27.3 Å². The molecule has 1 saturated heterocycles. The fraction of sp³-hybridized carbons (Fsp3) is 0.316. The fourth-order valence-corrected chi connectivity index (χ4v) is 4.32. The molecule has 1 aromatic carbocycles. The number of carbonyl (C=O) groups excluding carboxylic acids is 1. The molecule has 1 aliphatic heterocycles. The van der Waals surface area contributed by atoms with Crippen LogP contribution in [0.2, 0.25) is 0 Å². The summed E-state index contributed by atoms with van der Waals surface area (Å²) in [6.45, 7) is 3.61. The summed E-state index contributed by atoms with van der Waals surface area (Å²) in [4.78, 5) is 23.8. The van der Waals surface area contributed by atoms with E-state index in [2.05, 4.69) is 36.1 Å². The van der Waals surface area contributed by atoms with Crippen LogP contribution in [0.1, 0.15) is 46.5 Å². The lowest BCUT2D eigenvalue weighted by molar-refractivity contribution is 0.102. The van der Waals surface area contributed by atoms with Crippen LogP contribution in [0.4, 0.5) is 5.13 Å². The van der Waals surface area contributed by atoms with Crippen molar-refractivity contribution < 1.29 is 9.21 Å². The molecule has 1 fully saturated rings. The summed E-state index contributed by atoms with van der Waals surface area (Å²) in [5.41, 5.74) is 2.56. The topological polar surface area (TPSA) is 71.3 Å². The zero-order chi connectivity index (χ0) is 18.8. The Balaban J connectivity index is 1.43. The molecule has 4 rings (SSSR count). The Hall–Kier alpha value is -2.03. The van der Waals surface area contributed by atoms with Crippen LogP contribution in [0.15, 0.2) is 44.8 Å².